The van der Waals surface area contributed by atoms with E-state index in [4.69, 9.17) is 5.73 Å². The first-order valence-electron chi connectivity index (χ1n) is 6.29. The van der Waals surface area contributed by atoms with Crippen LogP contribution in [0.5, 0.6) is 0 Å². The normalized spacial score (nSPS) is 13.7. The van der Waals surface area contributed by atoms with Gasteiger partial charge in [0.2, 0.25) is 5.91 Å². The summed E-state index contributed by atoms with van der Waals surface area (Å²) in [6, 6.07) is 0. The van der Waals surface area contributed by atoms with Crippen LogP contribution >= 0.6 is 0 Å². The van der Waals surface area contributed by atoms with E-state index in [0.29, 0.717) is 24.8 Å². The lowest BCUT2D eigenvalue weighted by atomic mass is 9.88. The Kier molecular flexibility index (Phi) is 7.98. The third-order valence-corrected chi connectivity index (χ3v) is 2.95. The zero-order valence-electron chi connectivity index (χ0n) is 11.0. The zero-order chi connectivity index (χ0) is 14.2. The van der Waals surface area contributed by atoms with Gasteiger partial charge < -0.3 is 11.1 Å². The van der Waals surface area contributed by atoms with E-state index >= 15 is 0 Å². The predicted octanol–water partition coefficient (Wildman–Crippen LogP) is 2.46. The number of alkyl halides is 3. The molecule has 0 bridgehead atoms. The van der Waals surface area contributed by atoms with Crippen LogP contribution in [-0.4, -0.2) is 25.2 Å². The molecule has 0 aliphatic heterocycles. The Morgan fingerprint density at radius 1 is 1.28 bits per heavy atom. The molecule has 0 saturated heterocycles. The zero-order valence-corrected chi connectivity index (χ0v) is 11.0. The summed E-state index contributed by atoms with van der Waals surface area (Å²) in [5.41, 5.74) is 5.48. The molecule has 3 nitrogen and oxygen atoms in total. The Morgan fingerprint density at radius 3 is 2.33 bits per heavy atom. The van der Waals surface area contributed by atoms with Crippen molar-refractivity contribution in [2.45, 2.75) is 45.7 Å². The second-order valence-corrected chi connectivity index (χ2v) is 4.84. The number of halogens is 3. The van der Waals surface area contributed by atoms with Gasteiger partial charge in [-0.3, -0.25) is 4.79 Å². The molecule has 0 rings (SSSR count). The van der Waals surface area contributed by atoms with Crippen molar-refractivity contribution in [2.24, 2.45) is 17.6 Å². The quantitative estimate of drug-likeness (QED) is 0.710. The molecule has 1 atom stereocenters. The lowest BCUT2D eigenvalue weighted by molar-refractivity contribution is -0.135. The summed E-state index contributed by atoms with van der Waals surface area (Å²) in [7, 11) is 0. The van der Waals surface area contributed by atoms with Gasteiger partial charge in [-0.25, -0.2) is 0 Å². The van der Waals surface area contributed by atoms with Crippen molar-refractivity contribution < 1.29 is 18.0 Å². The Labute approximate surface area is 106 Å². The Balaban J connectivity index is 3.81. The predicted molar refractivity (Wildman–Crippen MR) is 64.9 cm³/mol. The third-order valence-electron chi connectivity index (χ3n) is 2.95. The van der Waals surface area contributed by atoms with Crippen molar-refractivity contribution in [3.05, 3.63) is 0 Å². The Hall–Kier alpha value is -0.780. The van der Waals surface area contributed by atoms with Gasteiger partial charge in [-0.2, -0.15) is 13.2 Å². The molecule has 0 aliphatic rings. The van der Waals surface area contributed by atoms with Gasteiger partial charge in [-0.1, -0.05) is 13.8 Å². The van der Waals surface area contributed by atoms with Crippen LogP contribution in [0.25, 0.3) is 0 Å². The number of nitrogens with one attached hydrogen (secondary N) is 1. The topological polar surface area (TPSA) is 55.1 Å². The molecule has 18 heavy (non-hydrogen) atoms. The lowest BCUT2D eigenvalue weighted by Gasteiger charge is -2.19. The number of nitrogens with two attached hydrogens (primary N) is 1. The number of carbonyl (C=O) groups excluding carboxylic acids is 1. The summed E-state index contributed by atoms with van der Waals surface area (Å²) in [4.78, 5) is 11.4. The maximum absolute atomic E-state index is 11.9. The molecule has 0 aromatic heterocycles. The van der Waals surface area contributed by atoms with Crippen molar-refractivity contribution in [1.29, 1.82) is 0 Å². The van der Waals surface area contributed by atoms with Crippen LogP contribution in [0.3, 0.4) is 0 Å². The molecule has 0 aromatic rings. The molecule has 0 fully saturated rings. The molecule has 3 N–H and O–H groups in total. The van der Waals surface area contributed by atoms with Crippen molar-refractivity contribution in [3.63, 3.8) is 0 Å². The summed E-state index contributed by atoms with van der Waals surface area (Å²) in [6.07, 6.45) is -3.41. The maximum atomic E-state index is 11.9. The van der Waals surface area contributed by atoms with E-state index in [1.165, 1.54) is 0 Å². The molecule has 0 aliphatic carbocycles. The molecule has 0 aromatic carbocycles. The van der Waals surface area contributed by atoms with Gasteiger partial charge in [0.15, 0.2) is 0 Å². The highest BCUT2D eigenvalue weighted by Gasteiger charge is 2.26. The number of carbonyl (C=O) groups is 1. The molecule has 1 amide bonds. The van der Waals surface area contributed by atoms with E-state index in [0.717, 1.165) is 6.42 Å². The number of hydrogen-bond acceptors (Lipinski definition) is 2. The molecular formula is C12H23F3N2O. The second-order valence-electron chi connectivity index (χ2n) is 4.84. The molecular weight excluding hydrogens is 245 g/mol. The Morgan fingerprint density at radius 2 is 1.89 bits per heavy atom. The first-order chi connectivity index (χ1) is 8.26. The van der Waals surface area contributed by atoms with Crippen molar-refractivity contribution >= 4 is 5.91 Å². The van der Waals surface area contributed by atoms with Gasteiger partial charge in [0.25, 0.3) is 0 Å². The number of amides is 1. The highest BCUT2D eigenvalue weighted by molar-refractivity contribution is 5.75. The van der Waals surface area contributed by atoms with E-state index in [2.05, 4.69) is 19.2 Å². The lowest BCUT2D eigenvalue weighted by Crippen LogP contribution is -2.28. The molecule has 0 radical (unpaired) electrons. The highest BCUT2D eigenvalue weighted by atomic mass is 19.4. The van der Waals surface area contributed by atoms with Gasteiger partial charge in [0.1, 0.15) is 0 Å². The van der Waals surface area contributed by atoms with Crippen molar-refractivity contribution in [1.82, 2.24) is 5.32 Å². The fraction of sp³-hybridized carbons (Fsp3) is 0.917. The van der Waals surface area contributed by atoms with Crippen LogP contribution in [0.1, 0.15) is 39.5 Å². The van der Waals surface area contributed by atoms with Crippen LogP contribution in [0.2, 0.25) is 0 Å². The largest absolute Gasteiger partial charge is 0.390 e. The van der Waals surface area contributed by atoms with Crippen LogP contribution < -0.4 is 11.1 Å². The smallest absolute Gasteiger partial charge is 0.356 e. The average molecular weight is 268 g/mol. The minimum absolute atomic E-state index is 0.265. The van der Waals surface area contributed by atoms with Crippen LogP contribution in [0, 0.1) is 11.8 Å². The number of hydrogen-bond donors (Lipinski definition) is 2. The molecule has 6 heteroatoms. The van der Waals surface area contributed by atoms with Crippen LogP contribution in [0.15, 0.2) is 0 Å². The molecule has 0 heterocycles. The fourth-order valence-electron chi connectivity index (χ4n) is 1.77. The second kappa shape index (κ2) is 8.34. The van der Waals surface area contributed by atoms with E-state index in [1.807, 2.05) is 0 Å². The standard InChI is InChI=1S/C12H23F3N2O/c1-9(2)10(5-7-16)3-4-11(18)17-8-6-12(13,14)15/h9-10H,3-8,16H2,1-2H3,(H,17,18). The summed E-state index contributed by atoms with van der Waals surface area (Å²) in [5.74, 6) is 0.460. The SMILES string of the molecule is CC(C)C(CCN)CCC(=O)NCCC(F)(F)F. The van der Waals surface area contributed by atoms with E-state index in [9.17, 15) is 18.0 Å². The average Bonchev–Trinajstić information content (AvgIpc) is 2.21. The molecule has 0 spiro atoms. The van der Waals surface area contributed by atoms with E-state index < -0.39 is 12.6 Å². The van der Waals surface area contributed by atoms with Crippen molar-refractivity contribution in [3.8, 4) is 0 Å². The maximum Gasteiger partial charge on any atom is 0.390 e. The first-order valence-corrected chi connectivity index (χ1v) is 6.29. The van der Waals surface area contributed by atoms with Gasteiger partial charge >= 0.3 is 6.18 Å². The van der Waals surface area contributed by atoms with Gasteiger partial charge in [-0.15, -0.1) is 0 Å². The van der Waals surface area contributed by atoms with Crippen LogP contribution in [-0.2, 0) is 4.79 Å². The van der Waals surface area contributed by atoms with Gasteiger partial charge in [-0.05, 0) is 31.2 Å². The molecule has 108 valence electrons. The van der Waals surface area contributed by atoms with Gasteiger partial charge in [0, 0.05) is 13.0 Å². The third kappa shape index (κ3) is 9.27. The minimum atomic E-state index is -4.21. The minimum Gasteiger partial charge on any atom is -0.356 e. The van der Waals surface area contributed by atoms with Crippen LogP contribution in [0.4, 0.5) is 13.2 Å². The molecule has 0 saturated carbocycles. The van der Waals surface area contributed by atoms with E-state index in [1.54, 1.807) is 0 Å². The monoisotopic (exact) mass is 268 g/mol. The first kappa shape index (κ1) is 17.2. The summed E-state index contributed by atoms with van der Waals surface area (Å²) >= 11 is 0. The van der Waals surface area contributed by atoms with Crippen molar-refractivity contribution in [2.75, 3.05) is 13.1 Å². The van der Waals surface area contributed by atoms with Gasteiger partial charge in [0.05, 0.1) is 6.42 Å². The summed E-state index contributed by atoms with van der Waals surface area (Å²) < 4.78 is 35.6. The number of rotatable bonds is 8. The van der Waals surface area contributed by atoms with E-state index in [-0.39, 0.29) is 18.9 Å². The molecule has 1 unspecified atom stereocenters. The highest BCUT2D eigenvalue weighted by Crippen LogP contribution is 2.20. The summed E-state index contributed by atoms with van der Waals surface area (Å²) in [6.45, 7) is 4.34. The Bertz CT molecular complexity index is 242. The fourth-order valence-corrected chi connectivity index (χ4v) is 1.77. The summed E-state index contributed by atoms with van der Waals surface area (Å²) in [5, 5.41) is 2.29.